The summed E-state index contributed by atoms with van der Waals surface area (Å²) in [5.74, 6) is -0.00605. The van der Waals surface area contributed by atoms with Crippen molar-refractivity contribution in [1.29, 1.82) is 0 Å². The summed E-state index contributed by atoms with van der Waals surface area (Å²) in [7, 11) is 2.98. The van der Waals surface area contributed by atoms with Gasteiger partial charge in [-0.1, -0.05) is 24.3 Å². The van der Waals surface area contributed by atoms with Crippen LogP contribution in [0.5, 0.6) is 11.5 Å². The molecule has 0 saturated carbocycles. The lowest BCUT2D eigenvalue weighted by molar-refractivity contribution is -0.135. The Kier molecular flexibility index (Phi) is 5.01. The van der Waals surface area contributed by atoms with Crippen molar-refractivity contribution in [1.82, 2.24) is 0 Å². The summed E-state index contributed by atoms with van der Waals surface area (Å²) in [5.41, 5.74) is -0.576. The molecule has 1 aliphatic heterocycles. The number of fused-ring (bicyclic) bond motifs is 1. The summed E-state index contributed by atoms with van der Waals surface area (Å²) in [6, 6.07) is 11.7. The summed E-state index contributed by atoms with van der Waals surface area (Å²) in [6.07, 6.45) is 1.21. The maximum Gasteiger partial charge on any atom is 0.264 e. The number of hydrogen-bond donors (Lipinski definition) is 1. The summed E-state index contributed by atoms with van der Waals surface area (Å²) < 4.78 is 10.4. The van der Waals surface area contributed by atoms with E-state index in [1.807, 2.05) is 0 Å². The molecule has 6 heteroatoms. The lowest BCUT2D eigenvalue weighted by atomic mass is 9.88. The fourth-order valence-electron chi connectivity index (χ4n) is 3.33. The van der Waals surface area contributed by atoms with E-state index in [1.165, 1.54) is 25.2 Å². The second-order valence-electron chi connectivity index (χ2n) is 6.25. The summed E-state index contributed by atoms with van der Waals surface area (Å²) in [4.78, 5) is 27.2. The minimum Gasteiger partial charge on any atom is -0.493 e. The highest BCUT2D eigenvalue weighted by molar-refractivity contribution is 6.11. The molecule has 140 valence electrons. The molecule has 3 rings (SSSR count). The molecule has 27 heavy (non-hydrogen) atoms. The van der Waals surface area contributed by atoms with Crippen molar-refractivity contribution in [3.63, 3.8) is 0 Å². The van der Waals surface area contributed by atoms with E-state index < -0.39 is 11.5 Å². The van der Waals surface area contributed by atoms with Crippen molar-refractivity contribution < 1.29 is 24.2 Å². The van der Waals surface area contributed by atoms with Crippen molar-refractivity contribution >= 4 is 17.4 Å². The van der Waals surface area contributed by atoms with Gasteiger partial charge in [0.25, 0.3) is 5.91 Å². The number of hydrogen-bond acceptors (Lipinski definition) is 5. The van der Waals surface area contributed by atoms with E-state index in [0.717, 1.165) is 0 Å². The smallest absolute Gasteiger partial charge is 0.264 e. The van der Waals surface area contributed by atoms with E-state index in [9.17, 15) is 14.7 Å². The third-order valence-corrected chi connectivity index (χ3v) is 4.67. The molecule has 1 aliphatic rings. The molecule has 0 unspecified atom stereocenters. The lowest BCUT2D eigenvalue weighted by Crippen LogP contribution is -2.41. The number of methoxy groups -OCH3 is 2. The maximum absolute atomic E-state index is 12.9. The number of ketones is 1. The van der Waals surface area contributed by atoms with Gasteiger partial charge < -0.3 is 19.5 Å². The van der Waals surface area contributed by atoms with Gasteiger partial charge in [0.1, 0.15) is 0 Å². The van der Waals surface area contributed by atoms with Gasteiger partial charge in [-0.2, -0.15) is 0 Å². The van der Waals surface area contributed by atoms with Crippen molar-refractivity contribution in [2.45, 2.75) is 12.0 Å². The van der Waals surface area contributed by atoms with E-state index >= 15 is 0 Å². The zero-order valence-corrected chi connectivity index (χ0v) is 15.3. The predicted molar refractivity (Wildman–Crippen MR) is 101 cm³/mol. The van der Waals surface area contributed by atoms with Crippen LogP contribution in [-0.2, 0) is 10.4 Å². The first-order valence-electron chi connectivity index (χ1n) is 8.46. The van der Waals surface area contributed by atoms with E-state index in [0.29, 0.717) is 28.3 Å². The van der Waals surface area contributed by atoms with Crippen molar-refractivity contribution in [3.8, 4) is 11.5 Å². The molecular weight excluding hydrogens is 346 g/mol. The number of aliphatic hydroxyl groups is 1. The Hall–Kier alpha value is -3.12. The van der Waals surface area contributed by atoms with Crippen LogP contribution in [0.2, 0.25) is 0 Å². The van der Waals surface area contributed by atoms with Crippen LogP contribution in [-0.4, -0.2) is 37.6 Å². The minimum absolute atomic E-state index is 0.253. The summed E-state index contributed by atoms with van der Waals surface area (Å²) in [6.45, 7) is 3.91. The van der Waals surface area contributed by atoms with Crippen LogP contribution in [0.25, 0.3) is 0 Å². The summed E-state index contributed by atoms with van der Waals surface area (Å²) in [5, 5.41) is 11.2. The maximum atomic E-state index is 12.9. The van der Waals surface area contributed by atoms with Gasteiger partial charge in [-0.05, 0) is 24.3 Å². The van der Waals surface area contributed by atoms with E-state index in [1.54, 1.807) is 42.5 Å². The van der Waals surface area contributed by atoms with Crippen LogP contribution in [0.1, 0.15) is 22.3 Å². The third kappa shape index (κ3) is 3.08. The first-order chi connectivity index (χ1) is 13.0. The van der Waals surface area contributed by atoms with Gasteiger partial charge in [-0.25, -0.2) is 0 Å². The van der Waals surface area contributed by atoms with Crippen LogP contribution in [0.3, 0.4) is 0 Å². The second-order valence-corrected chi connectivity index (χ2v) is 6.25. The highest BCUT2D eigenvalue weighted by Gasteiger charge is 2.50. The van der Waals surface area contributed by atoms with Crippen molar-refractivity contribution in [3.05, 3.63) is 66.2 Å². The van der Waals surface area contributed by atoms with Gasteiger partial charge in [-0.15, -0.1) is 6.58 Å². The van der Waals surface area contributed by atoms with Gasteiger partial charge in [0.2, 0.25) is 0 Å². The molecule has 1 heterocycles. The molecule has 0 bridgehead atoms. The largest absolute Gasteiger partial charge is 0.493 e. The molecule has 2 aromatic rings. The van der Waals surface area contributed by atoms with Gasteiger partial charge in [-0.3, -0.25) is 9.59 Å². The van der Waals surface area contributed by atoms with Crippen LogP contribution in [0, 0.1) is 0 Å². The molecule has 2 aromatic carbocycles. The van der Waals surface area contributed by atoms with E-state index in [-0.39, 0.29) is 18.7 Å². The van der Waals surface area contributed by atoms with Crippen molar-refractivity contribution in [2.24, 2.45) is 0 Å². The van der Waals surface area contributed by atoms with Crippen LogP contribution >= 0.6 is 0 Å². The van der Waals surface area contributed by atoms with Gasteiger partial charge in [0, 0.05) is 17.7 Å². The number of para-hydroxylation sites is 1. The molecule has 0 fully saturated rings. The number of anilines is 1. The molecule has 1 amide bonds. The zero-order valence-electron chi connectivity index (χ0n) is 15.3. The van der Waals surface area contributed by atoms with Crippen LogP contribution in [0.4, 0.5) is 5.69 Å². The number of Topliss-reactive ketones (excluding diaryl/α,β-unsaturated/α-hetero) is 1. The average molecular weight is 367 g/mol. The number of carbonyl (C=O) groups excluding carboxylic acids is 2. The normalized spacial score (nSPS) is 18.2. The second kappa shape index (κ2) is 7.25. The summed E-state index contributed by atoms with van der Waals surface area (Å²) >= 11 is 0. The Morgan fingerprint density at radius 3 is 2.56 bits per heavy atom. The number of ether oxygens (including phenoxy) is 2. The SMILES string of the molecule is C=CCN1C(=O)[C@@](O)(CC(=O)c2ccc(OC)c(OC)c2)c2ccccc21. The Bertz CT molecular complexity index is 907. The highest BCUT2D eigenvalue weighted by atomic mass is 16.5. The number of nitrogens with zero attached hydrogens (tertiary/aromatic N) is 1. The molecule has 6 nitrogen and oxygen atoms in total. The number of amides is 1. The first kappa shape index (κ1) is 18.7. The lowest BCUT2D eigenvalue weighted by Gasteiger charge is -2.22. The average Bonchev–Trinajstić information content (AvgIpc) is 2.89. The number of rotatable bonds is 7. The third-order valence-electron chi connectivity index (χ3n) is 4.67. The van der Waals surface area contributed by atoms with Gasteiger partial charge in [0.05, 0.1) is 26.3 Å². The molecule has 1 atom stereocenters. The highest BCUT2D eigenvalue weighted by Crippen LogP contribution is 2.43. The Labute approximate surface area is 157 Å². The fourth-order valence-corrected chi connectivity index (χ4v) is 3.33. The zero-order chi connectivity index (χ0) is 19.6. The first-order valence-corrected chi connectivity index (χ1v) is 8.46. The molecule has 0 radical (unpaired) electrons. The van der Waals surface area contributed by atoms with Gasteiger partial charge in [0.15, 0.2) is 22.9 Å². The monoisotopic (exact) mass is 367 g/mol. The predicted octanol–water partition coefficient (Wildman–Crippen LogP) is 2.70. The molecule has 0 spiro atoms. The van der Waals surface area contributed by atoms with Crippen molar-refractivity contribution in [2.75, 3.05) is 25.7 Å². The Morgan fingerprint density at radius 1 is 1.19 bits per heavy atom. The fraction of sp³-hybridized carbons (Fsp3) is 0.238. The molecule has 1 N–H and O–H groups in total. The standard InChI is InChI=1S/C21H21NO5/c1-4-11-22-16-8-6-5-7-15(16)21(25,20(22)24)13-17(23)14-9-10-18(26-2)19(12-14)27-3/h4-10,12,25H,1,11,13H2,2-3H3/t21-/m1/s1. The molecular formula is C21H21NO5. The number of carbonyl (C=O) groups is 2. The van der Waals surface area contributed by atoms with E-state index in [2.05, 4.69) is 6.58 Å². The van der Waals surface area contributed by atoms with Crippen LogP contribution in [0.15, 0.2) is 55.1 Å². The Morgan fingerprint density at radius 2 is 1.89 bits per heavy atom. The number of benzene rings is 2. The molecule has 0 aliphatic carbocycles. The van der Waals surface area contributed by atoms with Gasteiger partial charge >= 0.3 is 0 Å². The molecule has 0 saturated heterocycles. The molecule has 0 aromatic heterocycles. The topological polar surface area (TPSA) is 76.1 Å². The minimum atomic E-state index is -1.91. The van der Waals surface area contributed by atoms with Crippen LogP contribution < -0.4 is 14.4 Å². The Balaban J connectivity index is 1.96. The van der Waals surface area contributed by atoms with E-state index in [4.69, 9.17) is 9.47 Å². The quantitative estimate of drug-likeness (QED) is 0.601.